The molecule has 0 aliphatic carbocycles. The van der Waals surface area contributed by atoms with Crippen LogP contribution in [0.4, 0.5) is 5.69 Å². The quantitative estimate of drug-likeness (QED) is 0.702. The van der Waals surface area contributed by atoms with Gasteiger partial charge in [0.1, 0.15) is 0 Å². The highest BCUT2D eigenvalue weighted by Gasteiger charge is 2.26. The summed E-state index contributed by atoms with van der Waals surface area (Å²) in [5.41, 5.74) is 3.38. The third-order valence-electron chi connectivity index (χ3n) is 5.56. The van der Waals surface area contributed by atoms with E-state index in [1.54, 1.807) is 0 Å². The Labute approximate surface area is 171 Å². The molecule has 2 aromatic carbocycles. The van der Waals surface area contributed by atoms with E-state index in [1.165, 1.54) is 5.56 Å². The first kappa shape index (κ1) is 19.3. The van der Waals surface area contributed by atoms with Crippen molar-refractivity contribution in [2.24, 2.45) is 0 Å². The van der Waals surface area contributed by atoms with Gasteiger partial charge in [-0.25, -0.2) is 4.68 Å². The summed E-state index contributed by atoms with van der Waals surface area (Å²) in [4.78, 5) is 15.3. The first-order valence-corrected chi connectivity index (χ1v) is 10.3. The van der Waals surface area contributed by atoms with Crippen molar-refractivity contribution in [3.05, 3.63) is 77.6 Å². The lowest BCUT2D eigenvalue weighted by Crippen LogP contribution is -2.34. The van der Waals surface area contributed by atoms with Crippen LogP contribution in [0.15, 0.2) is 60.7 Å². The lowest BCUT2D eigenvalue weighted by atomic mass is 10.1. The van der Waals surface area contributed by atoms with Gasteiger partial charge in [-0.2, -0.15) is 0 Å². The Morgan fingerprint density at radius 3 is 2.41 bits per heavy atom. The van der Waals surface area contributed by atoms with Crippen LogP contribution in [0, 0.1) is 6.92 Å². The molecule has 1 N–H and O–H groups in total. The fourth-order valence-corrected chi connectivity index (χ4v) is 3.91. The number of nitrogens with zero attached hydrogens (tertiary/aromatic N) is 4. The summed E-state index contributed by atoms with van der Waals surface area (Å²) in [5, 5.41) is 12.0. The van der Waals surface area contributed by atoms with E-state index in [1.807, 2.05) is 65.0 Å². The molecule has 29 heavy (non-hydrogen) atoms. The third-order valence-corrected chi connectivity index (χ3v) is 5.56. The number of aromatic nitrogens is 3. The Morgan fingerprint density at radius 1 is 1.07 bits per heavy atom. The van der Waals surface area contributed by atoms with Gasteiger partial charge in [-0.15, -0.1) is 5.10 Å². The van der Waals surface area contributed by atoms with Crippen molar-refractivity contribution < 1.29 is 4.79 Å². The van der Waals surface area contributed by atoms with Gasteiger partial charge in [0.15, 0.2) is 5.69 Å². The molecule has 4 rings (SSSR count). The molecule has 0 spiro atoms. The molecule has 3 aromatic rings. The van der Waals surface area contributed by atoms with Crippen molar-refractivity contribution in [3.63, 3.8) is 0 Å². The van der Waals surface area contributed by atoms with Crippen molar-refractivity contribution in [1.29, 1.82) is 0 Å². The van der Waals surface area contributed by atoms with E-state index in [0.717, 1.165) is 43.7 Å². The first-order chi connectivity index (χ1) is 14.2. The average molecular weight is 390 g/mol. The number of carbonyl (C=O) groups is 1. The molecular formula is C23H27N5O. The number of nitrogens with one attached hydrogen (secondary N) is 1. The predicted octanol–water partition coefficient (Wildman–Crippen LogP) is 3.40. The molecule has 0 saturated carbocycles. The van der Waals surface area contributed by atoms with Crippen molar-refractivity contribution in [1.82, 2.24) is 20.3 Å². The third kappa shape index (κ3) is 4.38. The van der Waals surface area contributed by atoms with Crippen molar-refractivity contribution >= 4 is 11.6 Å². The summed E-state index contributed by atoms with van der Waals surface area (Å²) in [5.74, 6) is -0.0928. The second-order valence-electron chi connectivity index (χ2n) is 7.48. The van der Waals surface area contributed by atoms with Gasteiger partial charge in [-0.3, -0.25) is 4.79 Å². The number of benzene rings is 2. The Balaban J connectivity index is 1.59. The fourth-order valence-electron chi connectivity index (χ4n) is 3.91. The van der Waals surface area contributed by atoms with Crippen LogP contribution in [0.2, 0.25) is 0 Å². The summed E-state index contributed by atoms with van der Waals surface area (Å²) in [6.07, 6.45) is 2.80. The molecule has 0 bridgehead atoms. The molecule has 1 saturated heterocycles. The maximum atomic E-state index is 13.5. The van der Waals surface area contributed by atoms with E-state index in [0.29, 0.717) is 18.3 Å². The summed E-state index contributed by atoms with van der Waals surface area (Å²) in [6.45, 7) is 4.49. The lowest BCUT2D eigenvalue weighted by Gasteiger charge is -2.24. The minimum atomic E-state index is -0.0928. The summed E-state index contributed by atoms with van der Waals surface area (Å²) in [6, 6.07) is 20.3. The molecule has 6 heteroatoms. The number of rotatable bonds is 6. The normalized spacial score (nSPS) is 14.7. The number of anilines is 1. The van der Waals surface area contributed by atoms with E-state index >= 15 is 0 Å². The van der Waals surface area contributed by atoms with Gasteiger partial charge in [-0.05, 0) is 57.0 Å². The maximum Gasteiger partial charge on any atom is 0.280 e. The SMILES string of the molecule is Cc1c(C(=O)N(CCc2ccccc2)c2ccccc2)nnn1C1CCNCC1. The number of hydrogen-bond acceptors (Lipinski definition) is 4. The zero-order chi connectivity index (χ0) is 20.1. The zero-order valence-electron chi connectivity index (χ0n) is 16.8. The number of hydrogen-bond donors (Lipinski definition) is 1. The van der Waals surface area contributed by atoms with Crippen LogP contribution in [0.5, 0.6) is 0 Å². The minimum absolute atomic E-state index is 0.0928. The highest BCUT2D eigenvalue weighted by molar-refractivity contribution is 6.05. The summed E-state index contributed by atoms with van der Waals surface area (Å²) in [7, 11) is 0. The predicted molar refractivity (Wildman–Crippen MR) is 114 cm³/mol. The van der Waals surface area contributed by atoms with Gasteiger partial charge < -0.3 is 10.2 Å². The molecule has 150 valence electrons. The number of carbonyl (C=O) groups excluding carboxylic acids is 1. The van der Waals surface area contributed by atoms with Crippen LogP contribution >= 0.6 is 0 Å². The monoisotopic (exact) mass is 389 g/mol. The van der Waals surface area contributed by atoms with Crippen LogP contribution < -0.4 is 10.2 Å². The van der Waals surface area contributed by atoms with E-state index in [2.05, 4.69) is 27.8 Å². The zero-order valence-corrected chi connectivity index (χ0v) is 16.8. The van der Waals surface area contributed by atoms with Crippen LogP contribution in [0.1, 0.15) is 40.6 Å². The van der Waals surface area contributed by atoms with E-state index in [-0.39, 0.29) is 5.91 Å². The molecule has 0 radical (unpaired) electrons. The molecule has 1 aliphatic heterocycles. The van der Waals surface area contributed by atoms with Crippen molar-refractivity contribution in [3.8, 4) is 0 Å². The molecule has 0 unspecified atom stereocenters. The van der Waals surface area contributed by atoms with Crippen LogP contribution in [0.3, 0.4) is 0 Å². The Kier molecular flexibility index (Phi) is 6.00. The van der Waals surface area contributed by atoms with Gasteiger partial charge in [0.2, 0.25) is 0 Å². The van der Waals surface area contributed by atoms with Crippen LogP contribution in [-0.2, 0) is 6.42 Å². The van der Waals surface area contributed by atoms with Crippen LogP contribution in [0.25, 0.3) is 0 Å². The Hall–Kier alpha value is -2.99. The Morgan fingerprint density at radius 2 is 1.72 bits per heavy atom. The molecule has 1 amide bonds. The van der Waals surface area contributed by atoms with E-state index < -0.39 is 0 Å². The lowest BCUT2D eigenvalue weighted by molar-refractivity contribution is 0.0981. The number of piperidine rings is 1. The van der Waals surface area contributed by atoms with Gasteiger partial charge in [0.25, 0.3) is 5.91 Å². The first-order valence-electron chi connectivity index (χ1n) is 10.3. The van der Waals surface area contributed by atoms with Crippen molar-refractivity contribution in [2.75, 3.05) is 24.5 Å². The molecule has 1 aromatic heterocycles. The smallest absolute Gasteiger partial charge is 0.280 e. The topological polar surface area (TPSA) is 63.1 Å². The molecular weight excluding hydrogens is 362 g/mol. The van der Waals surface area contributed by atoms with Gasteiger partial charge >= 0.3 is 0 Å². The van der Waals surface area contributed by atoms with Gasteiger partial charge in [-0.1, -0.05) is 53.7 Å². The average Bonchev–Trinajstić information content (AvgIpc) is 3.17. The van der Waals surface area contributed by atoms with Crippen molar-refractivity contribution in [2.45, 2.75) is 32.2 Å². The molecule has 6 nitrogen and oxygen atoms in total. The van der Waals surface area contributed by atoms with E-state index in [9.17, 15) is 4.79 Å². The minimum Gasteiger partial charge on any atom is -0.317 e. The van der Waals surface area contributed by atoms with E-state index in [4.69, 9.17) is 0 Å². The number of amides is 1. The molecule has 0 atom stereocenters. The second-order valence-corrected chi connectivity index (χ2v) is 7.48. The molecule has 2 heterocycles. The summed E-state index contributed by atoms with van der Waals surface area (Å²) < 4.78 is 1.94. The second kappa shape index (κ2) is 9.01. The summed E-state index contributed by atoms with van der Waals surface area (Å²) >= 11 is 0. The fraction of sp³-hybridized carbons (Fsp3) is 0.348. The highest BCUT2D eigenvalue weighted by atomic mass is 16.2. The highest BCUT2D eigenvalue weighted by Crippen LogP contribution is 2.23. The Bertz CT molecular complexity index is 932. The number of para-hydroxylation sites is 1. The van der Waals surface area contributed by atoms with Crippen LogP contribution in [-0.4, -0.2) is 40.5 Å². The largest absolute Gasteiger partial charge is 0.317 e. The van der Waals surface area contributed by atoms with Gasteiger partial charge in [0.05, 0.1) is 11.7 Å². The standard InChI is InChI=1S/C23H27N5O/c1-18-22(25-26-28(18)21-12-15-24-16-13-21)23(29)27(20-10-6-3-7-11-20)17-14-19-8-4-2-5-9-19/h2-11,21,24H,12-17H2,1H3. The maximum absolute atomic E-state index is 13.5. The van der Waals surface area contributed by atoms with Gasteiger partial charge in [0, 0.05) is 12.2 Å². The molecule has 1 fully saturated rings. The molecule has 1 aliphatic rings.